The molecule has 0 bridgehead atoms. The van der Waals surface area contributed by atoms with Crippen LogP contribution in [0.4, 0.5) is 0 Å². The molecule has 0 radical (unpaired) electrons. The van der Waals surface area contributed by atoms with E-state index in [1.807, 2.05) is 14.1 Å². The first-order valence-corrected chi connectivity index (χ1v) is 8.57. The van der Waals surface area contributed by atoms with E-state index in [9.17, 15) is 8.42 Å². The number of rotatable bonds is 4. The first-order valence-electron chi connectivity index (χ1n) is 6.31. The lowest BCUT2D eigenvalue weighted by Crippen LogP contribution is -2.44. The van der Waals surface area contributed by atoms with E-state index in [1.165, 1.54) is 0 Å². The van der Waals surface area contributed by atoms with Crippen LogP contribution in [0.2, 0.25) is 0 Å². The predicted molar refractivity (Wildman–Crippen MR) is 75.7 cm³/mol. The highest BCUT2D eigenvalue weighted by Crippen LogP contribution is 2.27. The lowest BCUT2D eigenvalue weighted by atomic mass is 10.1. The predicted octanol–water partition coefficient (Wildman–Crippen LogP) is 0.955. The van der Waals surface area contributed by atoms with Gasteiger partial charge in [0.05, 0.1) is 6.61 Å². The summed E-state index contributed by atoms with van der Waals surface area (Å²) in [5, 5.41) is 9.02. The van der Waals surface area contributed by atoms with E-state index in [4.69, 9.17) is 5.11 Å². The third-order valence-corrected chi connectivity index (χ3v) is 6.98. The van der Waals surface area contributed by atoms with Gasteiger partial charge in [-0.1, -0.05) is 0 Å². The molecule has 0 spiro atoms. The number of nitrogens with zero attached hydrogens (tertiary/aromatic N) is 2. The van der Waals surface area contributed by atoms with E-state index in [-0.39, 0.29) is 6.61 Å². The third kappa shape index (κ3) is 3.17. The highest BCUT2D eigenvalue weighted by molar-refractivity contribution is 7.91. The zero-order valence-electron chi connectivity index (χ0n) is 11.2. The molecule has 0 atom stereocenters. The van der Waals surface area contributed by atoms with Crippen molar-refractivity contribution in [3.05, 3.63) is 17.0 Å². The molecule has 1 aliphatic rings. The highest BCUT2D eigenvalue weighted by Gasteiger charge is 2.30. The molecule has 0 unspecified atom stereocenters. The molecule has 2 heterocycles. The Kier molecular flexibility index (Phi) is 4.62. The molecule has 2 rings (SSSR count). The van der Waals surface area contributed by atoms with Gasteiger partial charge in [0.25, 0.3) is 10.0 Å². The molecular formula is C12H20N2O3S2. The molecule has 1 aromatic rings. The van der Waals surface area contributed by atoms with E-state index < -0.39 is 10.0 Å². The summed E-state index contributed by atoms with van der Waals surface area (Å²) in [6, 6.07) is 3.72. The van der Waals surface area contributed by atoms with Crippen molar-refractivity contribution < 1.29 is 13.5 Å². The van der Waals surface area contributed by atoms with Crippen LogP contribution in [0, 0.1) is 0 Å². The van der Waals surface area contributed by atoms with Crippen LogP contribution in [-0.4, -0.2) is 56.0 Å². The average molecular weight is 304 g/mol. The number of piperidine rings is 1. The average Bonchev–Trinajstić information content (AvgIpc) is 2.88. The Bertz CT molecular complexity index is 517. The van der Waals surface area contributed by atoms with Crippen LogP contribution in [0.15, 0.2) is 16.3 Å². The second-order valence-corrected chi connectivity index (χ2v) is 8.31. The zero-order valence-corrected chi connectivity index (χ0v) is 12.9. The van der Waals surface area contributed by atoms with Crippen molar-refractivity contribution in [3.8, 4) is 0 Å². The largest absolute Gasteiger partial charge is 0.391 e. The van der Waals surface area contributed by atoms with Crippen molar-refractivity contribution in [2.24, 2.45) is 0 Å². The van der Waals surface area contributed by atoms with E-state index in [2.05, 4.69) is 4.90 Å². The van der Waals surface area contributed by atoms with Crippen LogP contribution in [0.25, 0.3) is 0 Å². The van der Waals surface area contributed by atoms with Crippen LogP contribution in [0.5, 0.6) is 0 Å². The maximum absolute atomic E-state index is 12.4. The smallest absolute Gasteiger partial charge is 0.252 e. The minimum atomic E-state index is -3.38. The van der Waals surface area contributed by atoms with Gasteiger partial charge in [-0.05, 0) is 39.1 Å². The summed E-state index contributed by atoms with van der Waals surface area (Å²) < 4.78 is 26.8. The lowest BCUT2D eigenvalue weighted by molar-refractivity contribution is 0.197. The molecule has 1 fully saturated rings. The summed E-state index contributed by atoms with van der Waals surface area (Å²) in [5.74, 6) is 0. The molecule has 5 nitrogen and oxygen atoms in total. The Morgan fingerprint density at radius 2 is 2.00 bits per heavy atom. The van der Waals surface area contributed by atoms with Crippen LogP contribution in [-0.2, 0) is 16.6 Å². The quantitative estimate of drug-likeness (QED) is 0.900. The Morgan fingerprint density at radius 1 is 1.37 bits per heavy atom. The van der Waals surface area contributed by atoms with Crippen molar-refractivity contribution in [2.45, 2.75) is 29.7 Å². The monoisotopic (exact) mass is 304 g/mol. The minimum Gasteiger partial charge on any atom is -0.391 e. The van der Waals surface area contributed by atoms with Gasteiger partial charge in [-0.15, -0.1) is 11.3 Å². The minimum absolute atomic E-state index is 0.108. The van der Waals surface area contributed by atoms with Gasteiger partial charge in [-0.2, -0.15) is 4.31 Å². The van der Waals surface area contributed by atoms with E-state index >= 15 is 0 Å². The second kappa shape index (κ2) is 5.88. The van der Waals surface area contributed by atoms with Crippen LogP contribution >= 0.6 is 11.3 Å². The molecule has 0 aliphatic carbocycles. The summed E-state index contributed by atoms with van der Waals surface area (Å²) in [5.41, 5.74) is 0. The van der Waals surface area contributed by atoms with Crippen molar-refractivity contribution in [1.29, 1.82) is 0 Å². The van der Waals surface area contributed by atoms with Gasteiger partial charge in [0, 0.05) is 24.0 Å². The molecular weight excluding hydrogens is 284 g/mol. The normalized spacial score (nSPS) is 19.2. The van der Waals surface area contributed by atoms with Gasteiger partial charge in [-0.25, -0.2) is 8.42 Å². The molecule has 1 saturated heterocycles. The first kappa shape index (κ1) is 14.9. The van der Waals surface area contributed by atoms with E-state index in [1.54, 1.807) is 16.4 Å². The number of aliphatic hydroxyl groups is 1. The van der Waals surface area contributed by atoms with Crippen molar-refractivity contribution in [2.75, 3.05) is 27.2 Å². The Balaban J connectivity index is 2.09. The number of thiophene rings is 1. The summed E-state index contributed by atoms with van der Waals surface area (Å²) >= 11 is 1.15. The summed E-state index contributed by atoms with van der Waals surface area (Å²) in [7, 11) is 0.681. The topological polar surface area (TPSA) is 60.9 Å². The molecule has 1 N–H and O–H groups in total. The summed E-state index contributed by atoms with van der Waals surface area (Å²) in [6.07, 6.45) is 1.73. The van der Waals surface area contributed by atoms with E-state index in [0.717, 1.165) is 24.2 Å². The summed E-state index contributed by atoms with van der Waals surface area (Å²) in [6.45, 7) is 1.03. The van der Waals surface area contributed by atoms with E-state index in [0.29, 0.717) is 28.2 Å². The van der Waals surface area contributed by atoms with Crippen LogP contribution in [0.1, 0.15) is 17.7 Å². The molecule has 1 aliphatic heterocycles. The SMILES string of the molecule is CN(C)C1CCN(S(=O)(=O)c2ccc(CO)s2)CC1. The van der Waals surface area contributed by atoms with Gasteiger partial charge in [-0.3, -0.25) is 0 Å². The Hall–Kier alpha value is -0.470. The van der Waals surface area contributed by atoms with Gasteiger partial charge in [0.15, 0.2) is 0 Å². The first-order chi connectivity index (χ1) is 8.95. The maximum Gasteiger partial charge on any atom is 0.252 e. The molecule has 0 aromatic carbocycles. The van der Waals surface area contributed by atoms with Gasteiger partial charge >= 0.3 is 0 Å². The van der Waals surface area contributed by atoms with Crippen LogP contribution < -0.4 is 0 Å². The maximum atomic E-state index is 12.4. The van der Waals surface area contributed by atoms with Crippen molar-refractivity contribution in [1.82, 2.24) is 9.21 Å². The molecule has 7 heteroatoms. The van der Waals surface area contributed by atoms with Gasteiger partial charge in [0.2, 0.25) is 0 Å². The lowest BCUT2D eigenvalue weighted by Gasteiger charge is -2.34. The molecule has 0 saturated carbocycles. The molecule has 1 aromatic heterocycles. The molecule has 108 valence electrons. The van der Waals surface area contributed by atoms with Gasteiger partial charge in [0.1, 0.15) is 4.21 Å². The Labute approximate surface area is 118 Å². The standard InChI is InChI=1S/C12H20N2O3S2/c1-13(2)10-5-7-14(8-6-10)19(16,17)12-4-3-11(9-15)18-12/h3-4,10,15H,5-9H2,1-2H3. The van der Waals surface area contributed by atoms with Crippen LogP contribution in [0.3, 0.4) is 0 Å². The number of hydrogen-bond acceptors (Lipinski definition) is 5. The number of hydrogen-bond donors (Lipinski definition) is 1. The third-order valence-electron chi connectivity index (χ3n) is 3.54. The highest BCUT2D eigenvalue weighted by atomic mass is 32.2. The van der Waals surface area contributed by atoms with Crippen molar-refractivity contribution in [3.63, 3.8) is 0 Å². The fourth-order valence-corrected chi connectivity index (χ4v) is 5.15. The number of aliphatic hydroxyl groups excluding tert-OH is 1. The Morgan fingerprint density at radius 3 is 2.47 bits per heavy atom. The second-order valence-electron chi connectivity index (χ2n) is 4.98. The summed E-state index contributed by atoms with van der Waals surface area (Å²) in [4.78, 5) is 2.83. The molecule has 0 amide bonds. The van der Waals surface area contributed by atoms with Gasteiger partial charge < -0.3 is 10.0 Å². The van der Waals surface area contributed by atoms with Crippen molar-refractivity contribution >= 4 is 21.4 Å². The fraction of sp³-hybridized carbons (Fsp3) is 0.667. The number of sulfonamides is 1. The zero-order chi connectivity index (χ0) is 14.0. The molecule has 19 heavy (non-hydrogen) atoms. The fourth-order valence-electron chi connectivity index (χ4n) is 2.31.